The molecule has 4 aliphatic rings. The molecule has 0 aromatic heterocycles. The molecule has 1 unspecified atom stereocenters. The second-order valence-corrected chi connectivity index (χ2v) is 11.5. The van der Waals surface area contributed by atoms with Crippen LogP contribution >= 0.6 is 0 Å². The highest BCUT2D eigenvalue weighted by molar-refractivity contribution is 5.92. The number of aliphatic hydroxyl groups is 2. The average Bonchev–Trinajstić information content (AvgIpc) is 2.99. The summed E-state index contributed by atoms with van der Waals surface area (Å²) < 4.78 is 17.1. The molecule has 8 atom stereocenters. The second-order valence-electron chi connectivity index (χ2n) is 11.5. The van der Waals surface area contributed by atoms with Crippen molar-refractivity contribution in [1.29, 1.82) is 0 Å². The number of halogens is 1. The van der Waals surface area contributed by atoms with Gasteiger partial charge in [0, 0.05) is 35.5 Å². The third-order valence-corrected chi connectivity index (χ3v) is 10.2. The van der Waals surface area contributed by atoms with E-state index in [1.165, 1.54) is 6.92 Å². The molecule has 32 heavy (non-hydrogen) atoms. The molecular weight excluding hydrogens is 411 g/mol. The molecule has 0 aliphatic heterocycles. The molecule has 178 valence electrons. The first-order valence-corrected chi connectivity index (χ1v) is 12.2. The summed E-state index contributed by atoms with van der Waals surface area (Å²) in [6.07, 6.45) is 3.37. The van der Waals surface area contributed by atoms with Crippen LogP contribution in [0.5, 0.6) is 0 Å². The van der Waals surface area contributed by atoms with Crippen molar-refractivity contribution in [3.63, 3.8) is 0 Å². The largest absolute Gasteiger partial charge is 0.390 e. The highest BCUT2D eigenvalue weighted by Crippen LogP contribution is 2.70. The van der Waals surface area contributed by atoms with E-state index in [0.29, 0.717) is 32.1 Å². The van der Waals surface area contributed by atoms with E-state index in [1.807, 2.05) is 13.8 Å². The summed E-state index contributed by atoms with van der Waals surface area (Å²) in [6, 6.07) is 0. The molecule has 3 saturated carbocycles. The summed E-state index contributed by atoms with van der Waals surface area (Å²) in [5, 5.41) is 23.0. The summed E-state index contributed by atoms with van der Waals surface area (Å²) in [5.74, 6) is -1.19. The Labute approximate surface area is 189 Å². The van der Waals surface area contributed by atoms with E-state index in [2.05, 4.69) is 0 Å². The van der Waals surface area contributed by atoms with Gasteiger partial charge >= 0.3 is 0 Å². The number of aliphatic hydroxyl groups excluding tert-OH is 1. The van der Waals surface area contributed by atoms with Gasteiger partial charge in [-0.2, -0.15) is 0 Å². The van der Waals surface area contributed by atoms with Crippen LogP contribution in [0, 0.1) is 28.6 Å². The smallest absolute Gasteiger partial charge is 0.164 e. The fourth-order valence-corrected chi connectivity index (χ4v) is 7.79. The third-order valence-electron chi connectivity index (χ3n) is 10.2. The molecule has 0 bridgehead atoms. The molecule has 6 heteroatoms. The van der Waals surface area contributed by atoms with Crippen LogP contribution in [-0.2, 0) is 14.4 Å². The molecule has 0 heterocycles. The topological polar surface area (TPSA) is 91.7 Å². The Morgan fingerprint density at radius 3 is 2.53 bits per heavy atom. The van der Waals surface area contributed by atoms with Crippen molar-refractivity contribution >= 4 is 17.3 Å². The van der Waals surface area contributed by atoms with Gasteiger partial charge in [-0.15, -0.1) is 0 Å². The molecule has 0 aromatic carbocycles. The number of rotatable bonds is 5. The molecule has 2 N–H and O–H groups in total. The molecule has 0 spiro atoms. The number of carbonyl (C=O) groups is 3. The third kappa shape index (κ3) is 2.97. The van der Waals surface area contributed by atoms with Crippen molar-refractivity contribution in [2.75, 3.05) is 0 Å². The molecule has 0 amide bonds. The van der Waals surface area contributed by atoms with Gasteiger partial charge in [0.1, 0.15) is 17.1 Å². The van der Waals surface area contributed by atoms with Crippen LogP contribution in [0.1, 0.15) is 85.5 Å². The first kappa shape index (κ1) is 23.7. The first-order valence-electron chi connectivity index (χ1n) is 12.2. The normalized spacial score (nSPS) is 46.5. The van der Waals surface area contributed by atoms with Gasteiger partial charge in [0.15, 0.2) is 11.6 Å². The van der Waals surface area contributed by atoms with E-state index in [-0.39, 0.29) is 54.9 Å². The van der Waals surface area contributed by atoms with Crippen LogP contribution in [0.15, 0.2) is 11.6 Å². The highest BCUT2D eigenvalue weighted by Gasteiger charge is 2.74. The lowest BCUT2D eigenvalue weighted by Crippen LogP contribution is -2.69. The van der Waals surface area contributed by atoms with Crippen molar-refractivity contribution in [3.05, 3.63) is 11.6 Å². The SMILES string of the molecule is CC(=O)C(C)CCC(=O)[C@@]1(O)CC[C@H]2[C@@H]3CCC4=CC(=O)CC[C@]4(C)[C@@]3(F)[C@@H](O)C[C@@]21C. The van der Waals surface area contributed by atoms with Crippen LogP contribution in [-0.4, -0.2) is 44.9 Å². The number of carbonyl (C=O) groups excluding carboxylic acids is 3. The Morgan fingerprint density at radius 1 is 1.19 bits per heavy atom. The Morgan fingerprint density at radius 2 is 1.88 bits per heavy atom. The number of Topliss-reactive ketones (excluding diaryl/α,β-unsaturated/α-hetero) is 2. The monoisotopic (exact) mass is 448 g/mol. The maximum absolute atomic E-state index is 17.1. The van der Waals surface area contributed by atoms with Crippen LogP contribution in [0.3, 0.4) is 0 Å². The molecule has 0 saturated heterocycles. The number of ketones is 3. The summed E-state index contributed by atoms with van der Waals surface area (Å²) in [5.41, 5.74) is -4.50. The van der Waals surface area contributed by atoms with E-state index in [0.717, 1.165) is 5.57 Å². The standard InChI is InChI=1S/C26H37FO5/c1-15(16(2)28)5-8-21(30)25(32)12-10-19-20-7-6-17-13-18(29)9-11-23(17,3)26(20,27)22(31)14-24(19,25)4/h13,15,19-20,22,31-32H,5-12,14H2,1-4H3/t15?,19-,20-,22-,23-,24-,25-,26-/m0/s1. The fraction of sp³-hybridized carbons (Fsp3) is 0.808. The number of hydrogen-bond donors (Lipinski definition) is 2. The van der Waals surface area contributed by atoms with Gasteiger partial charge in [-0.1, -0.05) is 26.3 Å². The van der Waals surface area contributed by atoms with Crippen molar-refractivity contribution < 1.29 is 29.0 Å². The van der Waals surface area contributed by atoms with Gasteiger partial charge in [-0.25, -0.2) is 4.39 Å². The number of hydrogen-bond acceptors (Lipinski definition) is 5. The minimum absolute atomic E-state index is 0.0147. The fourth-order valence-electron chi connectivity index (χ4n) is 7.79. The van der Waals surface area contributed by atoms with E-state index >= 15 is 4.39 Å². The maximum atomic E-state index is 17.1. The zero-order valence-electron chi connectivity index (χ0n) is 19.7. The first-order chi connectivity index (χ1) is 14.8. The maximum Gasteiger partial charge on any atom is 0.164 e. The van der Waals surface area contributed by atoms with Crippen molar-refractivity contribution in [3.8, 4) is 0 Å². The molecule has 4 aliphatic carbocycles. The molecule has 4 rings (SSSR count). The Kier molecular flexibility index (Phi) is 5.61. The zero-order valence-corrected chi connectivity index (χ0v) is 19.7. The Bertz CT molecular complexity index is 881. The average molecular weight is 449 g/mol. The van der Waals surface area contributed by atoms with Gasteiger partial charge in [0.05, 0.1) is 6.10 Å². The van der Waals surface area contributed by atoms with E-state index in [1.54, 1.807) is 13.0 Å². The predicted molar refractivity (Wildman–Crippen MR) is 117 cm³/mol. The summed E-state index contributed by atoms with van der Waals surface area (Å²) in [7, 11) is 0. The summed E-state index contributed by atoms with van der Waals surface area (Å²) >= 11 is 0. The second kappa shape index (κ2) is 7.56. The van der Waals surface area contributed by atoms with Gasteiger partial charge in [-0.3, -0.25) is 14.4 Å². The molecule has 3 fully saturated rings. The van der Waals surface area contributed by atoms with Crippen molar-refractivity contribution in [1.82, 2.24) is 0 Å². The van der Waals surface area contributed by atoms with E-state index in [4.69, 9.17) is 0 Å². The quantitative estimate of drug-likeness (QED) is 0.666. The predicted octanol–water partition coefficient (Wildman–Crippen LogP) is 3.89. The van der Waals surface area contributed by atoms with Crippen LogP contribution in [0.4, 0.5) is 4.39 Å². The number of allylic oxidation sites excluding steroid dienone is 1. The van der Waals surface area contributed by atoms with Gasteiger partial charge in [-0.05, 0) is 63.9 Å². The minimum Gasteiger partial charge on any atom is -0.390 e. The lowest BCUT2D eigenvalue weighted by atomic mass is 9.44. The Hall–Kier alpha value is -1.40. The van der Waals surface area contributed by atoms with E-state index < -0.39 is 34.1 Å². The Balaban J connectivity index is 1.65. The van der Waals surface area contributed by atoms with Gasteiger partial charge in [0.2, 0.25) is 0 Å². The summed E-state index contributed by atoms with van der Waals surface area (Å²) in [6.45, 7) is 6.97. The van der Waals surface area contributed by atoms with Crippen molar-refractivity contribution in [2.24, 2.45) is 28.6 Å². The number of fused-ring (bicyclic) bond motifs is 5. The minimum atomic E-state index is -1.88. The molecule has 5 nitrogen and oxygen atoms in total. The lowest BCUT2D eigenvalue weighted by Gasteiger charge is -2.63. The molecule has 0 radical (unpaired) electrons. The number of alkyl halides is 1. The van der Waals surface area contributed by atoms with Gasteiger partial charge in [0.25, 0.3) is 0 Å². The van der Waals surface area contributed by atoms with Crippen molar-refractivity contribution in [2.45, 2.75) is 103 Å². The van der Waals surface area contributed by atoms with Gasteiger partial charge < -0.3 is 10.2 Å². The zero-order chi connectivity index (χ0) is 23.7. The van der Waals surface area contributed by atoms with Crippen LogP contribution < -0.4 is 0 Å². The van der Waals surface area contributed by atoms with E-state index in [9.17, 15) is 24.6 Å². The summed E-state index contributed by atoms with van der Waals surface area (Å²) in [4.78, 5) is 36.8. The molecular formula is C26H37FO5. The van der Waals surface area contributed by atoms with Crippen LogP contribution in [0.2, 0.25) is 0 Å². The highest BCUT2D eigenvalue weighted by atomic mass is 19.1. The lowest BCUT2D eigenvalue weighted by molar-refractivity contribution is -0.226. The van der Waals surface area contributed by atoms with Crippen LogP contribution in [0.25, 0.3) is 0 Å². The molecule has 0 aromatic rings.